The molecule has 0 saturated heterocycles. The Bertz CT molecular complexity index is 414. The molecule has 0 aliphatic heterocycles. The number of hydrogen-bond donors (Lipinski definition) is 1. The normalized spacial score (nSPS) is 11.5. The molecule has 0 unspecified atom stereocenters. The van der Waals surface area contributed by atoms with Crippen molar-refractivity contribution in [2.24, 2.45) is 5.41 Å². The lowest BCUT2D eigenvalue weighted by Gasteiger charge is -2.27. The van der Waals surface area contributed by atoms with Gasteiger partial charge in [0.05, 0.1) is 10.4 Å². The third-order valence-corrected chi connectivity index (χ3v) is 3.66. The molecule has 1 N–H and O–H groups in total. The maximum atomic E-state index is 13.7. The summed E-state index contributed by atoms with van der Waals surface area (Å²) in [6.45, 7) is 3.61. The molecule has 0 amide bonds. The van der Waals surface area contributed by atoms with Crippen LogP contribution in [0.4, 0.5) is 4.39 Å². The summed E-state index contributed by atoms with van der Waals surface area (Å²) in [4.78, 5) is 11.3. The molecular formula is C13H16ClFO2. The average Bonchev–Trinajstić information content (AvgIpc) is 2.31. The molecule has 0 fully saturated rings. The molecule has 4 heteroatoms. The predicted octanol–water partition coefficient (Wildman–Crippen LogP) is 3.91. The highest BCUT2D eigenvalue weighted by molar-refractivity contribution is 6.30. The van der Waals surface area contributed by atoms with Gasteiger partial charge in [-0.2, -0.15) is 0 Å². The van der Waals surface area contributed by atoms with E-state index in [1.165, 1.54) is 6.07 Å². The maximum absolute atomic E-state index is 13.7. The van der Waals surface area contributed by atoms with Crippen LogP contribution in [-0.2, 0) is 11.2 Å². The van der Waals surface area contributed by atoms with E-state index in [0.29, 0.717) is 18.4 Å². The van der Waals surface area contributed by atoms with Crippen molar-refractivity contribution >= 4 is 17.6 Å². The molecule has 0 bridgehead atoms. The van der Waals surface area contributed by atoms with Gasteiger partial charge in [-0.25, -0.2) is 4.39 Å². The van der Waals surface area contributed by atoms with Crippen molar-refractivity contribution in [3.05, 3.63) is 34.6 Å². The molecule has 0 aliphatic carbocycles. The molecule has 0 radical (unpaired) electrons. The highest BCUT2D eigenvalue weighted by atomic mass is 35.5. The van der Waals surface area contributed by atoms with E-state index in [-0.39, 0.29) is 11.4 Å². The number of rotatable bonds is 5. The molecule has 0 aliphatic rings. The summed E-state index contributed by atoms with van der Waals surface area (Å²) in [6, 6.07) is 4.68. The summed E-state index contributed by atoms with van der Waals surface area (Å²) < 4.78 is 13.7. The molecule has 0 aromatic heterocycles. The summed E-state index contributed by atoms with van der Waals surface area (Å²) in [6.07, 6.45) is 1.09. The monoisotopic (exact) mass is 258 g/mol. The van der Waals surface area contributed by atoms with Gasteiger partial charge < -0.3 is 5.11 Å². The highest BCUT2D eigenvalue weighted by Gasteiger charge is 2.35. The fourth-order valence-electron chi connectivity index (χ4n) is 1.93. The van der Waals surface area contributed by atoms with Crippen molar-refractivity contribution in [1.29, 1.82) is 0 Å². The summed E-state index contributed by atoms with van der Waals surface area (Å²) >= 11 is 5.69. The van der Waals surface area contributed by atoms with Crippen LogP contribution in [-0.4, -0.2) is 11.1 Å². The summed E-state index contributed by atoms with van der Waals surface area (Å²) in [7, 11) is 0. The largest absolute Gasteiger partial charge is 0.481 e. The molecular weight excluding hydrogens is 243 g/mol. The minimum absolute atomic E-state index is 0.0361. The molecule has 2 nitrogen and oxygen atoms in total. The fraction of sp³-hybridized carbons (Fsp3) is 0.462. The van der Waals surface area contributed by atoms with E-state index in [1.54, 1.807) is 26.0 Å². The first-order chi connectivity index (χ1) is 7.96. The van der Waals surface area contributed by atoms with Gasteiger partial charge in [-0.1, -0.05) is 37.6 Å². The Morgan fingerprint density at radius 2 is 2.00 bits per heavy atom. The number of halogens is 2. The van der Waals surface area contributed by atoms with Crippen molar-refractivity contribution in [2.75, 3.05) is 0 Å². The van der Waals surface area contributed by atoms with E-state index in [2.05, 4.69) is 0 Å². The fourth-order valence-corrected chi connectivity index (χ4v) is 2.12. The third-order valence-electron chi connectivity index (χ3n) is 3.37. The van der Waals surface area contributed by atoms with E-state index >= 15 is 0 Å². The SMILES string of the molecule is CCC(CC)(Cc1cccc(Cl)c1F)C(=O)O. The summed E-state index contributed by atoms with van der Waals surface area (Å²) in [5, 5.41) is 9.33. The van der Waals surface area contributed by atoms with Crippen molar-refractivity contribution < 1.29 is 14.3 Å². The van der Waals surface area contributed by atoms with Crippen LogP contribution in [0.25, 0.3) is 0 Å². The first-order valence-electron chi connectivity index (χ1n) is 5.63. The van der Waals surface area contributed by atoms with Gasteiger partial charge in [-0.3, -0.25) is 4.79 Å². The van der Waals surface area contributed by atoms with Crippen LogP contribution >= 0.6 is 11.6 Å². The van der Waals surface area contributed by atoms with Gasteiger partial charge in [-0.15, -0.1) is 0 Å². The van der Waals surface area contributed by atoms with Gasteiger partial charge in [0, 0.05) is 0 Å². The Hall–Kier alpha value is -1.09. The summed E-state index contributed by atoms with van der Waals surface area (Å²) in [5.41, 5.74) is -0.547. The van der Waals surface area contributed by atoms with E-state index in [0.717, 1.165) is 0 Å². The van der Waals surface area contributed by atoms with Crippen molar-refractivity contribution in [1.82, 2.24) is 0 Å². The quantitative estimate of drug-likeness (QED) is 0.869. The lowest BCUT2D eigenvalue weighted by atomic mass is 9.77. The van der Waals surface area contributed by atoms with E-state index in [1.807, 2.05) is 0 Å². The van der Waals surface area contributed by atoms with Crippen molar-refractivity contribution in [3.8, 4) is 0 Å². The lowest BCUT2D eigenvalue weighted by molar-refractivity contribution is -0.149. The second-order valence-corrected chi connectivity index (χ2v) is 4.59. The zero-order valence-electron chi connectivity index (χ0n) is 9.96. The van der Waals surface area contributed by atoms with E-state index in [4.69, 9.17) is 11.6 Å². The first kappa shape index (κ1) is 14.0. The number of carboxylic acid groups (broad SMARTS) is 1. The van der Waals surface area contributed by atoms with Gasteiger partial charge in [0.15, 0.2) is 0 Å². The zero-order chi connectivity index (χ0) is 13.1. The van der Waals surface area contributed by atoms with Crippen LogP contribution in [0.1, 0.15) is 32.3 Å². The number of carboxylic acids is 1. The van der Waals surface area contributed by atoms with Crippen LogP contribution in [0, 0.1) is 11.2 Å². The van der Waals surface area contributed by atoms with Crippen molar-refractivity contribution in [3.63, 3.8) is 0 Å². The minimum Gasteiger partial charge on any atom is -0.481 e. The van der Waals surface area contributed by atoms with E-state index in [9.17, 15) is 14.3 Å². The zero-order valence-corrected chi connectivity index (χ0v) is 10.7. The Morgan fingerprint density at radius 1 is 1.41 bits per heavy atom. The van der Waals surface area contributed by atoms with Crippen LogP contribution in [0.2, 0.25) is 5.02 Å². The van der Waals surface area contributed by atoms with Crippen molar-refractivity contribution in [2.45, 2.75) is 33.1 Å². The summed E-state index contributed by atoms with van der Waals surface area (Å²) in [5.74, 6) is -1.40. The van der Waals surface area contributed by atoms with Crippen LogP contribution in [0.3, 0.4) is 0 Å². The highest BCUT2D eigenvalue weighted by Crippen LogP contribution is 2.33. The Morgan fingerprint density at radius 3 is 2.47 bits per heavy atom. The Kier molecular flexibility index (Phi) is 4.52. The Balaban J connectivity index is 3.10. The van der Waals surface area contributed by atoms with Crippen LogP contribution in [0.15, 0.2) is 18.2 Å². The number of carbonyl (C=O) groups is 1. The molecule has 17 heavy (non-hydrogen) atoms. The number of aliphatic carboxylic acids is 1. The smallest absolute Gasteiger partial charge is 0.309 e. The molecule has 94 valence electrons. The molecule has 0 saturated carbocycles. The number of hydrogen-bond acceptors (Lipinski definition) is 1. The Labute approximate surface area is 105 Å². The topological polar surface area (TPSA) is 37.3 Å². The number of benzene rings is 1. The van der Waals surface area contributed by atoms with Gasteiger partial charge in [0.2, 0.25) is 0 Å². The van der Waals surface area contributed by atoms with Gasteiger partial charge in [0.1, 0.15) is 5.82 Å². The van der Waals surface area contributed by atoms with Crippen LogP contribution in [0.5, 0.6) is 0 Å². The van der Waals surface area contributed by atoms with E-state index < -0.39 is 17.2 Å². The molecule has 1 aromatic rings. The van der Waals surface area contributed by atoms with Gasteiger partial charge in [-0.05, 0) is 30.9 Å². The lowest BCUT2D eigenvalue weighted by Crippen LogP contribution is -2.32. The van der Waals surface area contributed by atoms with Gasteiger partial charge in [0.25, 0.3) is 0 Å². The molecule has 1 aromatic carbocycles. The molecule has 0 heterocycles. The third kappa shape index (κ3) is 2.78. The maximum Gasteiger partial charge on any atom is 0.309 e. The predicted molar refractivity (Wildman–Crippen MR) is 65.8 cm³/mol. The van der Waals surface area contributed by atoms with Crippen LogP contribution < -0.4 is 0 Å². The first-order valence-corrected chi connectivity index (χ1v) is 6.01. The molecule has 1 rings (SSSR count). The second kappa shape index (κ2) is 5.50. The molecule has 0 spiro atoms. The minimum atomic E-state index is -0.911. The molecule has 0 atom stereocenters. The average molecular weight is 259 g/mol. The second-order valence-electron chi connectivity index (χ2n) is 4.18. The van der Waals surface area contributed by atoms with Gasteiger partial charge >= 0.3 is 5.97 Å². The standard InChI is InChI=1S/C13H16ClFO2/c1-3-13(4-2,12(16)17)8-9-6-5-7-10(14)11(9)15/h5-7H,3-4,8H2,1-2H3,(H,16,17).